The van der Waals surface area contributed by atoms with Crippen LogP contribution in [0.15, 0.2) is 71.5 Å². The molecule has 1 saturated heterocycles. The maximum absolute atomic E-state index is 13.2. The number of rotatable bonds is 10. The van der Waals surface area contributed by atoms with Gasteiger partial charge in [0.05, 0.1) is 29.0 Å². The summed E-state index contributed by atoms with van der Waals surface area (Å²) in [7, 11) is 0. The smallest absolute Gasteiger partial charge is 0.380 e. The molecule has 3 N–H and O–H groups in total. The van der Waals surface area contributed by atoms with Crippen molar-refractivity contribution >= 4 is 23.1 Å². The van der Waals surface area contributed by atoms with E-state index < -0.39 is 17.2 Å². The van der Waals surface area contributed by atoms with Crippen LogP contribution in [0, 0.1) is 5.41 Å². The van der Waals surface area contributed by atoms with Crippen LogP contribution >= 0.6 is 0 Å². The molecule has 1 amide bonds. The molecule has 7 nitrogen and oxygen atoms in total. The standard InChI is InChI=1S/C28H28F3N3O4/c29-28(30,31)21-5-1-2-6-22(21)33-20-12-10-19(11-13-20)17-32-26(37)27(15-16-38-18-27)14-4-8-24(35)23-7-3-9-25(36)34-23/h1-3,5-7,9-13,33H,4,8,14-18H2,(H,32,37)(H,34,36). The van der Waals surface area contributed by atoms with Crippen molar-refractivity contribution in [2.75, 3.05) is 18.5 Å². The van der Waals surface area contributed by atoms with E-state index in [2.05, 4.69) is 15.6 Å². The number of carbonyl (C=O) groups excluding carboxylic acids is 2. The molecule has 10 heteroatoms. The fraction of sp³-hybridized carbons (Fsp3) is 0.321. The van der Waals surface area contributed by atoms with E-state index in [4.69, 9.17) is 4.74 Å². The summed E-state index contributed by atoms with van der Waals surface area (Å²) in [6, 6.07) is 16.4. The van der Waals surface area contributed by atoms with Gasteiger partial charge < -0.3 is 20.4 Å². The number of nitrogens with one attached hydrogen (secondary N) is 3. The second-order valence-corrected chi connectivity index (χ2v) is 9.34. The van der Waals surface area contributed by atoms with E-state index >= 15 is 0 Å². The van der Waals surface area contributed by atoms with Gasteiger partial charge in [0.2, 0.25) is 11.5 Å². The van der Waals surface area contributed by atoms with E-state index in [9.17, 15) is 27.6 Å². The largest absolute Gasteiger partial charge is 0.418 e. The fourth-order valence-electron chi connectivity index (χ4n) is 4.50. The van der Waals surface area contributed by atoms with Gasteiger partial charge in [-0.15, -0.1) is 0 Å². The highest BCUT2D eigenvalue weighted by atomic mass is 19.4. The Bertz CT molecular complexity index is 1330. The molecule has 0 radical (unpaired) electrons. The monoisotopic (exact) mass is 527 g/mol. The number of H-pyrrole nitrogens is 1. The van der Waals surface area contributed by atoms with Crippen molar-refractivity contribution < 1.29 is 27.5 Å². The maximum Gasteiger partial charge on any atom is 0.418 e. The molecule has 1 unspecified atom stereocenters. The molecule has 1 fully saturated rings. The van der Waals surface area contributed by atoms with Gasteiger partial charge in [0.15, 0.2) is 5.78 Å². The Balaban J connectivity index is 1.32. The minimum atomic E-state index is -4.47. The number of carbonyl (C=O) groups is 2. The zero-order valence-corrected chi connectivity index (χ0v) is 20.6. The van der Waals surface area contributed by atoms with Crippen LogP contribution in [0.2, 0.25) is 0 Å². The molecule has 4 rings (SSSR count). The lowest BCUT2D eigenvalue weighted by Gasteiger charge is -2.26. The first-order chi connectivity index (χ1) is 18.2. The van der Waals surface area contributed by atoms with Crippen molar-refractivity contribution in [3.05, 3.63) is 93.9 Å². The highest BCUT2D eigenvalue weighted by Crippen LogP contribution is 2.36. The fourth-order valence-corrected chi connectivity index (χ4v) is 4.50. The van der Waals surface area contributed by atoms with E-state index in [1.807, 2.05) is 0 Å². The Morgan fingerprint density at radius 1 is 1.00 bits per heavy atom. The van der Waals surface area contributed by atoms with Crippen molar-refractivity contribution in [2.24, 2.45) is 5.41 Å². The number of para-hydroxylation sites is 1. The molecule has 38 heavy (non-hydrogen) atoms. The number of Topliss-reactive ketones (excluding diaryl/α,β-unsaturated/α-hetero) is 1. The molecule has 0 saturated carbocycles. The molecule has 1 aliphatic rings. The zero-order chi connectivity index (χ0) is 27.2. The second-order valence-electron chi connectivity index (χ2n) is 9.34. The molecule has 0 bridgehead atoms. The van der Waals surface area contributed by atoms with E-state index in [0.717, 1.165) is 11.6 Å². The van der Waals surface area contributed by atoms with Gasteiger partial charge in [-0.2, -0.15) is 13.2 Å². The highest BCUT2D eigenvalue weighted by Gasteiger charge is 2.41. The number of benzene rings is 2. The Labute approximate surface area is 217 Å². The molecule has 2 aromatic carbocycles. The number of aromatic amines is 1. The molecular formula is C28H28F3N3O4. The number of halogens is 3. The average Bonchev–Trinajstić information content (AvgIpc) is 3.38. The lowest BCUT2D eigenvalue weighted by molar-refractivity contribution is -0.137. The van der Waals surface area contributed by atoms with Crippen LogP contribution in [0.4, 0.5) is 24.5 Å². The summed E-state index contributed by atoms with van der Waals surface area (Å²) < 4.78 is 45.2. The lowest BCUT2D eigenvalue weighted by atomic mass is 9.80. The topological polar surface area (TPSA) is 100 Å². The lowest BCUT2D eigenvalue weighted by Crippen LogP contribution is -2.41. The average molecular weight is 528 g/mol. The molecular weight excluding hydrogens is 499 g/mol. The van der Waals surface area contributed by atoms with Crippen molar-refractivity contribution in [1.82, 2.24) is 10.3 Å². The van der Waals surface area contributed by atoms with Crippen LogP contribution in [-0.4, -0.2) is 29.9 Å². The van der Waals surface area contributed by atoms with Gasteiger partial charge in [-0.3, -0.25) is 14.4 Å². The Kier molecular flexibility index (Phi) is 8.31. The minimum absolute atomic E-state index is 0.0404. The molecule has 1 aromatic heterocycles. The third-order valence-corrected chi connectivity index (χ3v) is 6.63. The van der Waals surface area contributed by atoms with Gasteiger partial charge in [0, 0.05) is 31.3 Å². The van der Waals surface area contributed by atoms with E-state index in [0.29, 0.717) is 31.6 Å². The van der Waals surface area contributed by atoms with Gasteiger partial charge in [-0.1, -0.05) is 30.3 Å². The first-order valence-corrected chi connectivity index (χ1v) is 12.3. The van der Waals surface area contributed by atoms with Crippen molar-refractivity contribution in [1.29, 1.82) is 0 Å². The van der Waals surface area contributed by atoms with Gasteiger partial charge in [-0.25, -0.2) is 0 Å². The first-order valence-electron chi connectivity index (χ1n) is 12.3. The number of ether oxygens (including phenoxy) is 1. The Morgan fingerprint density at radius 2 is 1.76 bits per heavy atom. The SMILES string of the molecule is O=C(CCCC1(C(=O)NCc2ccc(Nc3ccccc3C(F)(F)F)cc2)CCOC1)c1cccc(=O)[nH]1. The summed E-state index contributed by atoms with van der Waals surface area (Å²) in [5, 5.41) is 5.73. The Hall–Kier alpha value is -3.92. The predicted octanol–water partition coefficient (Wildman–Crippen LogP) is 5.21. The number of aromatic nitrogens is 1. The van der Waals surface area contributed by atoms with E-state index in [-0.39, 0.29) is 48.2 Å². The van der Waals surface area contributed by atoms with Gasteiger partial charge in [0.25, 0.3) is 0 Å². The molecule has 3 aromatic rings. The van der Waals surface area contributed by atoms with Crippen LogP contribution in [0.3, 0.4) is 0 Å². The van der Waals surface area contributed by atoms with Crippen LogP contribution in [-0.2, 0) is 22.3 Å². The summed E-state index contributed by atoms with van der Waals surface area (Å²) in [4.78, 5) is 39.5. The van der Waals surface area contributed by atoms with Crippen LogP contribution in [0.25, 0.3) is 0 Å². The summed E-state index contributed by atoms with van der Waals surface area (Å²) in [6.07, 6.45) is -2.81. The molecule has 200 valence electrons. The first kappa shape index (κ1) is 27.1. The summed E-state index contributed by atoms with van der Waals surface area (Å²) in [5.74, 6) is -0.361. The predicted molar refractivity (Wildman–Crippen MR) is 136 cm³/mol. The maximum atomic E-state index is 13.2. The number of ketones is 1. The number of hydrogen-bond donors (Lipinski definition) is 3. The molecule has 0 spiro atoms. The van der Waals surface area contributed by atoms with Gasteiger partial charge in [-0.05, 0) is 55.2 Å². The zero-order valence-electron chi connectivity index (χ0n) is 20.6. The van der Waals surface area contributed by atoms with Gasteiger partial charge in [0.1, 0.15) is 0 Å². The van der Waals surface area contributed by atoms with Crippen LogP contribution < -0.4 is 16.2 Å². The number of hydrogen-bond acceptors (Lipinski definition) is 5. The van der Waals surface area contributed by atoms with E-state index in [1.54, 1.807) is 30.3 Å². The summed E-state index contributed by atoms with van der Waals surface area (Å²) in [6.45, 7) is 0.952. The second kappa shape index (κ2) is 11.6. The number of anilines is 2. The number of alkyl halides is 3. The number of amides is 1. The molecule has 1 atom stereocenters. The van der Waals surface area contributed by atoms with Crippen molar-refractivity contribution in [3.8, 4) is 0 Å². The Morgan fingerprint density at radius 3 is 2.45 bits per heavy atom. The third kappa shape index (κ3) is 6.69. The third-order valence-electron chi connectivity index (χ3n) is 6.63. The minimum Gasteiger partial charge on any atom is -0.380 e. The van der Waals surface area contributed by atoms with Crippen molar-refractivity contribution in [2.45, 2.75) is 38.4 Å². The van der Waals surface area contributed by atoms with Gasteiger partial charge >= 0.3 is 6.18 Å². The van der Waals surface area contributed by atoms with Crippen LogP contribution in [0.5, 0.6) is 0 Å². The summed E-state index contributed by atoms with van der Waals surface area (Å²) >= 11 is 0. The summed E-state index contributed by atoms with van der Waals surface area (Å²) in [5.41, 5.74) is -0.357. The normalized spacial score (nSPS) is 17.2. The quantitative estimate of drug-likeness (QED) is 0.314. The van der Waals surface area contributed by atoms with Crippen molar-refractivity contribution in [3.63, 3.8) is 0 Å². The van der Waals surface area contributed by atoms with Crippen LogP contribution in [0.1, 0.15) is 47.3 Å². The highest BCUT2D eigenvalue weighted by molar-refractivity contribution is 5.94. The molecule has 2 heterocycles. The van der Waals surface area contributed by atoms with E-state index in [1.165, 1.54) is 30.3 Å². The number of pyridine rings is 1. The molecule has 1 aliphatic heterocycles. The molecule has 0 aliphatic carbocycles.